The average molecular weight is 319 g/mol. The Morgan fingerprint density at radius 2 is 1.87 bits per heavy atom. The number of carbonyl (C=O) groups excluding carboxylic acids is 1. The summed E-state index contributed by atoms with van der Waals surface area (Å²) in [6.07, 6.45) is 0. The van der Waals surface area contributed by atoms with Gasteiger partial charge in [0.05, 0.1) is 6.04 Å². The largest absolute Gasteiger partial charge is 0.484 e. The van der Waals surface area contributed by atoms with E-state index in [4.69, 9.17) is 4.74 Å². The van der Waals surface area contributed by atoms with Gasteiger partial charge in [0.1, 0.15) is 17.4 Å². The minimum Gasteiger partial charge on any atom is -0.484 e. The van der Waals surface area contributed by atoms with Crippen LogP contribution < -0.4 is 10.1 Å². The molecule has 122 valence electrons. The lowest BCUT2D eigenvalue weighted by Crippen LogP contribution is -2.31. The molecule has 2 aromatic carbocycles. The predicted octanol–water partition coefficient (Wildman–Crippen LogP) is 3.84. The normalized spacial score (nSPS) is 11.9. The van der Waals surface area contributed by atoms with Gasteiger partial charge in [-0.05, 0) is 50.1 Å². The average Bonchev–Trinajstić information content (AvgIpc) is 2.48. The molecule has 0 spiro atoms. The summed E-state index contributed by atoms with van der Waals surface area (Å²) in [5, 5.41) is 2.63. The molecular weight excluding hydrogens is 300 g/mol. The topological polar surface area (TPSA) is 38.3 Å². The fraction of sp³-hybridized carbons (Fsp3) is 0.278. The van der Waals surface area contributed by atoms with E-state index >= 15 is 0 Å². The van der Waals surface area contributed by atoms with Crippen LogP contribution in [0.15, 0.2) is 36.4 Å². The molecule has 5 heteroatoms. The van der Waals surface area contributed by atoms with Crippen molar-refractivity contribution in [3.8, 4) is 5.75 Å². The Balaban J connectivity index is 1.92. The van der Waals surface area contributed by atoms with E-state index in [0.717, 1.165) is 23.3 Å². The highest BCUT2D eigenvalue weighted by Gasteiger charge is 2.14. The highest BCUT2D eigenvalue weighted by molar-refractivity contribution is 5.78. The Kier molecular flexibility index (Phi) is 5.32. The Hall–Kier alpha value is -2.43. The highest BCUT2D eigenvalue weighted by atomic mass is 19.1. The van der Waals surface area contributed by atoms with Gasteiger partial charge in [0.25, 0.3) is 5.91 Å². The van der Waals surface area contributed by atoms with Crippen molar-refractivity contribution in [2.24, 2.45) is 0 Å². The molecule has 1 N–H and O–H groups in total. The zero-order valence-electron chi connectivity index (χ0n) is 13.3. The first-order valence-electron chi connectivity index (χ1n) is 7.31. The molecule has 0 aliphatic rings. The van der Waals surface area contributed by atoms with Crippen LogP contribution in [-0.2, 0) is 4.79 Å². The number of amides is 1. The van der Waals surface area contributed by atoms with Crippen LogP contribution in [0.1, 0.15) is 29.7 Å². The van der Waals surface area contributed by atoms with Gasteiger partial charge in [0.2, 0.25) is 0 Å². The highest BCUT2D eigenvalue weighted by Crippen LogP contribution is 2.18. The number of hydrogen-bond donors (Lipinski definition) is 1. The van der Waals surface area contributed by atoms with Crippen molar-refractivity contribution in [1.82, 2.24) is 5.32 Å². The number of ether oxygens (including phenoxy) is 1. The van der Waals surface area contributed by atoms with Gasteiger partial charge in [-0.2, -0.15) is 0 Å². The van der Waals surface area contributed by atoms with Gasteiger partial charge in [-0.25, -0.2) is 8.78 Å². The Morgan fingerprint density at radius 3 is 2.52 bits per heavy atom. The molecular formula is C18H19F2NO2. The lowest BCUT2D eigenvalue weighted by Gasteiger charge is -2.15. The van der Waals surface area contributed by atoms with Crippen LogP contribution in [0.5, 0.6) is 5.75 Å². The minimum absolute atomic E-state index is 0.171. The van der Waals surface area contributed by atoms with E-state index in [2.05, 4.69) is 5.32 Å². The van der Waals surface area contributed by atoms with E-state index in [1.807, 2.05) is 26.0 Å². The third-order valence-electron chi connectivity index (χ3n) is 3.65. The first-order chi connectivity index (χ1) is 10.9. The molecule has 0 aromatic heterocycles. The van der Waals surface area contributed by atoms with Crippen molar-refractivity contribution in [2.75, 3.05) is 6.61 Å². The zero-order chi connectivity index (χ0) is 17.0. The zero-order valence-corrected chi connectivity index (χ0v) is 13.3. The molecule has 0 aliphatic heterocycles. The van der Waals surface area contributed by atoms with Gasteiger partial charge in [-0.3, -0.25) is 4.79 Å². The second-order valence-corrected chi connectivity index (χ2v) is 5.49. The van der Waals surface area contributed by atoms with Crippen molar-refractivity contribution in [2.45, 2.75) is 26.8 Å². The van der Waals surface area contributed by atoms with E-state index in [1.165, 1.54) is 6.07 Å². The molecule has 0 radical (unpaired) electrons. The van der Waals surface area contributed by atoms with Crippen LogP contribution in [0.2, 0.25) is 0 Å². The maximum Gasteiger partial charge on any atom is 0.258 e. The van der Waals surface area contributed by atoms with Crippen molar-refractivity contribution < 1.29 is 18.3 Å². The van der Waals surface area contributed by atoms with E-state index in [0.29, 0.717) is 5.75 Å². The fourth-order valence-electron chi connectivity index (χ4n) is 2.17. The molecule has 0 unspecified atom stereocenters. The lowest BCUT2D eigenvalue weighted by atomic mass is 10.1. The number of nitrogens with one attached hydrogen (secondary N) is 1. The fourth-order valence-corrected chi connectivity index (χ4v) is 2.17. The predicted molar refractivity (Wildman–Crippen MR) is 84.3 cm³/mol. The number of aryl methyl sites for hydroxylation is 2. The van der Waals surface area contributed by atoms with Crippen LogP contribution in [0, 0.1) is 25.5 Å². The molecule has 0 saturated carbocycles. The lowest BCUT2D eigenvalue weighted by molar-refractivity contribution is -0.123. The Morgan fingerprint density at radius 1 is 1.13 bits per heavy atom. The van der Waals surface area contributed by atoms with Crippen LogP contribution in [0.4, 0.5) is 8.78 Å². The maximum absolute atomic E-state index is 13.7. The van der Waals surface area contributed by atoms with Gasteiger partial charge in [-0.1, -0.05) is 12.1 Å². The number of benzene rings is 2. The summed E-state index contributed by atoms with van der Waals surface area (Å²) < 4.78 is 32.0. The van der Waals surface area contributed by atoms with Gasteiger partial charge >= 0.3 is 0 Å². The van der Waals surface area contributed by atoms with E-state index in [1.54, 1.807) is 13.0 Å². The molecule has 0 saturated heterocycles. The summed E-state index contributed by atoms with van der Waals surface area (Å²) in [6, 6.07) is 8.26. The molecule has 0 aliphatic carbocycles. The third-order valence-corrected chi connectivity index (χ3v) is 3.65. The van der Waals surface area contributed by atoms with Crippen molar-refractivity contribution in [1.29, 1.82) is 0 Å². The molecule has 1 atom stereocenters. The second kappa shape index (κ2) is 7.22. The number of carbonyl (C=O) groups is 1. The number of rotatable bonds is 5. The molecule has 0 bridgehead atoms. The summed E-state index contributed by atoms with van der Waals surface area (Å²) in [5.74, 6) is -1.11. The second-order valence-electron chi connectivity index (χ2n) is 5.49. The van der Waals surface area contributed by atoms with Crippen molar-refractivity contribution in [3.63, 3.8) is 0 Å². The molecule has 0 heterocycles. The third kappa shape index (κ3) is 4.52. The van der Waals surface area contributed by atoms with Gasteiger partial charge in [0, 0.05) is 11.6 Å². The van der Waals surface area contributed by atoms with Crippen LogP contribution in [0.3, 0.4) is 0 Å². The summed E-state index contributed by atoms with van der Waals surface area (Å²) in [5.41, 5.74) is 2.44. The monoisotopic (exact) mass is 319 g/mol. The Labute approximate surface area is 134 Å². The molecule has 2 aromatic rings. The van der Waals surface area contributed by atoms with E-state index in [-0.39, 0.29) is 18.1 Å². The maximum atomic E-state index is 13.7. The first kappa shape index (κ1) is 16.9. The van der Waals surface area contributed by atoms with Crippen LogP contribution in [-0.4, -0.2) is 12.5 Å². The first-order valence-corrected chi connectivity index (χ1v) is 7.31. The van der Waals surface area contributed by atoms with Crippen LogP contribution in [0.25, 0.3) is 0 Å². The van der Waals surface area contributed by atoms with Gasteiger partial charge < -0.3 is 10.1 Å². The molecule has 1 amide bonds. The molecule has 2 rings (SSSR count). The van der Waals surface area contributed by atoms with Crippen molar-refractivity contribution >= 4 is 5.91 Å². The van der Waals surface area contributed by atoms with Gasteiger partial charge in [0.15, 0.2) is 6.61 Å². The molecule has 23 heavy (non-hydrogen) atoms. The quantitative estimate of drug-likeness (QED) is 0.909. The van der Waals surface area contributed by atoms with Gasteiger partial charge in [-0.15, -0.1) is 0 Å². The van der Waals surface area contributed by atoms with E-state index in [9.17, 15) is 13.6 Å². The van der Waals surface area contributed by atoms with Crippen molar-refractivity contribution in [3.05, 3.63) is 64.7 Å². The number of hydrogen-bond acceptors (Lipinski definition) is 2. The van der Waals surface area contributed by atoms with E-state index < -0.39 is 17.7 Å². The standard InChI is InChI=1S/C18H19F2NO2/c1-11-4-6-15(8-12(11)2)23-10-18(22)21-13(3)16-7-5-14(19)9-17(16)20/h4-9,13H,10H2,1-3H3,(H,21,22)/t13-/m0/s1. The summed E-state index contributed by atoms with van der Waals surface area (Å²) >= 11 is 0. The minimum atomic E-state index is -0.687. The Bertz CT molecular complexity index is 716. The summed E-state index contributed by atoms with van der Waals surface area (Å²) in [6.45, 7) is 5.41. The number of halogens is 2. The molecule has 0 fully saturated rings. The summed E-state index contributed by atoms with van der Waals surface area (Å²) in [7, 11) is 0. The molecule has 3 nitrogen and oxygen atoms in total. The summed E-state index contributed by atoms with van der Waals surface area (Å²) in [4.78, 5) is 11.9. The van der Waals surface area contributed by atoms with Crippen LogP contribution >= 0.6 is 0 Å². The SMILES string of the molecule is Cc1ccc(OCC(=O)N[C@@H](C)c2ccc(F)cc2F)cc1C. The smallest absolute Gasteiger partial charge is 0.258 e.